The van der Waals surface area contributed by atoms with Gasteiger partial charge in [-0.1, -0.05) is 52.3 Å². The molecule has 0 aromatic rings. The van der Waals surface area contributed by atoms with Crippen LogP contribution >= 0.6 is 0 Å². The summed E-state index contributed by atoms with van der Waals surface area (Å²) in [7, 11) is 0. The van der Waals surface area contributed by atoms with Crippen molar-refractivity contribution in [2.45, 2.75) is 79.6 Å². The van der Waals surface area contributed by atoms with E-state index in [2.05, 4.69) is 46.8 Å². The van der Waals surface area contributed by atoms with Crippen molar-refractivity contribution in [3.63, 3.8) is 0 Å². The Labute approximate surface area is 158 Å². The van der Waals surface area contributed by atoms with Gasteiger partial charge in [0.05, 0.1) is 0 Å². The van der Waals surface area contributed by atoms with Crippen molar-refractivity contribution in [2.24, 2.45) is 34.0 Å². The number of hydrogen-bond donors (Lipinski definition) is 0. The molecule has 5 unspecified atom stereocenters. The molecular formula is C24H34O2. The van der Waals surface area contributed by atoms with Crippen LogP contribution in [0.5, 0.6) is 0 Å². The Bertz CT molecular complexity index is 719. The van der Waals surface area contributed by atoms with Gasteiger partial charge in [0.2, 0.25) is 0 Å². The number of ketones is 2. The third-order valence-electron chi connectivity index (χ3n) is 8.21. The first-order chi connectivity index (χ1) is 12.0. The Kier molecular flexibility index (Phi) is 3.96. The van der Waals surface area contributed by atoms with Crippen LogP contribution in [0.4, 0.5) is 0 Å². The SMILES string of the molecule is CC(C)(C)/C=C1\CC2(C)C(=CCC3C4CCC(=O)C4(C)CCC32)CC1=O. The second-order valence-corrected chi connectivity index (χ2v) is 11.0. The second-order valence-electron chi connectivity index (χ2n) is 11.0. The van der Waals surface area contributed by atoms with Gasteiger partial charge in [0.15, 0.2) is 5.78 Å². The number of fused-ring (bicyclic) bond motifs is 5. The third kappa shape index (κ3) is 2.59. The molecule has 0 radical (unpaired) electrons. The largest absolute Gasteiger partial charge is 0.299 e. The molecule has 0 saturated heterocycles. The van der Waals surface area contributed by atoms with Crippen molar-refractivity contribution in [3.05, 3.63) is 23.3 Å². The van der Waals surface area contributed by atoms with E-state index in [0.29, 0.717) is 35.7 Å². The van der Waals surface area contributed by atoms with Crippen molar-refractivity contribution < 1.29 is 9.59 Å². The zero-order valence-electron chi connectivity index (χ0n) is 17.2. The summed E-state index contributed by atoms with van der Waals surface area (Å²) in [5.41, 5.74) is 2.52. The molecule has 0 amide bonds. The van der Waals surface area contributed by atoms with Gasteiger partial charge < -0.3 is 0 Å². The van der Waals surface area contributed by atoms with E-state index in [1.54, 1.807) is 0 Å². The molecule has 3 fully saturated rings. The summed E-state index contributed by atoms with van der Waals surface area (Å²) in [6.07, 6.45) is 11.3. The van der Waals surface area contributed by atoms with Crippen molar-refractivity contribution in [3.8, 4) is 0 Å². The van der Waals surface area contributed by atoms with Crippen LogP contribution in [0.2, 0.25) is 0 Å². The molecule has 0 spiro atoms. The van der Waals surface area contributed by atoms with Crippen molar-refractivity contribution in [2.75, 3.05) is 0 Å². The minimum atomic E-state index is -0.0720. The standard InChI is InChI=1S/C24H34O2/c1-22(2,3)13-15-14-24(5)16(12-20(15)25)6-7-17-18-8-9-21(26)23(18,4)11-10-19(17)24/h6,13,17-19H,7-12,14H2,1-5H3/b15-13+. The molecule has 4 aliphatic carbocycles. The first kappa shape index (κ1) is 18.2. The van der Waals surface area contributed by atoms with Gasteiger partial charge in [-0.2, -0.15) is 0 Å². The van der Waals surface area contributed by atoms with E-state index in [4.69, 9.17) is 0 Å². The molecule has 142 valence electrons. The molecule has 0 bridgehead atoms. The molecule has 26 heavy (non-hydrogen) atoms. The van der Waals surface area contributed by atoms with E-state index in [1.165, 1.54) is 5.57 Å². The molecule has 0 N–H and O–H groups in total. The minimum Gasteiger partial charge on any atom is -0.299 e. The molecule has 5 atom stereocenters. The van der Waals surface area contributed by atoms with Gasteiger partial charge in [0.1, 0.15) is 5.78 Å². The van der Waals surface area contributed by atoms with Gasteiger partial charge in [-0.3, -0.25) is 9.59 Å². The summed E-state index contributed by atoms with van der Waals surface area (Å²) in [6.45, 7) is 11.2. The van der Waals surface area contributed by atoms with Crippen molar-refractivity contribution in [1.29, 1.82) is 0 Å². The van der Waals surface area contributed by atoms with Crippen molar-refractivity contribution >= 4 is 11.6 Å². The predicted octanol–water partition coefficient (Wildman–Crippen LogP) is 5.67. The highest BCUT2D eigenvalue weighted by atomic mass is 16.1. The topological polar surface area (TPSA) is 34.1 Å². The monoisotopic (exact) mass is 354 g/mol. The molecule has 2 heteroatoms. The normalized spacial score (nSPS) is 44.4. The number of carbonyl (C=O) groups excluding carboxylic acids is 2. The summed E-state index contributed by atoms with van der Waals surface area (Å²) in [6, 6.07) is 0. The van der Waals surface area contributed by atoms with E-state index < -0.39 is 0 Å². The fourth-order valence-electron chi connectivity index (χ4n) is 6.88. The van der Waals surface area contributed by atoms with E-state index in [1.807, 2.05) is 0 Å². The van der Waals surface area contributed by atoms with Crippen LogP contribution in [0.1, 0.15) is 79.6 Å². The van der Waals surface area contributed by atoms with Crippen LogP contribution in [0.15, 0.2) is 23.3 Å². The van der Waals surface area contributed by atoms with E-state index in [9.17, 15) is 9.59 Å². The van der Waals surface area contributed by atoms with Crippen LogP contribution in [-0.2, 0) is 9.59 Å². The third-order valence-corrected chi connectivity index (χ3v) is 8.21. The molecular weight excluding hydrogens is 320 g/mol. The summed E-state index contributed by atoms with van der Waals surface area (Å²) < 4.78 is 0. The maximum Gasteiger partial charge on any atom is 0.162 e. The lowest BCUT2D eigenvalue weighted by molar-refractivity contribution is -0.131. The van der Waals surface area contributed by atoms with Crippen molar-refractivity contribution in [1.82, 2.24) is 0 Å². The van der Waals surface area contributed by atoms with Gasteiger partial charge in [-0.05, 0) is 66.3 Å². The second kappa shape index (κ2) is 5.66. The smallest absolute Gasteiger partial charge is 0.162 e. The molecule has 0 aromatic heterocycles. The number of rotatable bonds is 0. The molecule has 4 rings (SSSR count). The molecule has 0 aliphatic heterocycles. The van der Waals surface area contributed by atoms with E-state index in [0.717, 1.165) is 44.1 Å². The molecule has 0 aromatic carbocycles. The molecule has 2 nitrogen and oxygen atoms in total. The number of hydrogen-bond acceptors (Lipinski definition) is 2. The highest BCUT2D eigenvalue weighted by Crippen LogP contribution is 2.64. The highest BCUT2D eigenvalue weighted by molar-refractivity contribution is 5.98. The van der Waals surface area contributed by atoms with Gasteiger partial charge in [-0.15, -0.1) is 0 Å². The van der Waals surface area contributed by atoms with Crippen LogP contribution in [0, 0.1) is 34.0 Å². The Morgan fingerprint density at radius 1 is 1.08 bits per heavy atom. The van der Waals surface area contributed by atoms with Gasteiger partial charge in [-0.25, -0.2) is 0 Å². The maximum absolute atomic E-state index is 12.8. The number of Topliss-reactive ketones (excluding diaryl/α,β-unsaturated/α-hetero) is 2. The van der Waals surface area contributed by atoms with Crippen LogP contribution in [-0.4, -0.2) is 11.6 Å². The lowest BCUT2D eigenvalue weighted by atomic mass is 9.47. The highest BCUT2D eigenvalue weighted by Gasteiger charge is 2.59. The van der Waals surface area contributed by atoms with Gasteiger partial charge in [0, 0.05) is 18.3 Å². The Hall–Kier alpha value is -1.18. The quantitative estimate of drug-likeness (QED) is 0.415. The Morgan fingerprint density at radius 2 is 1.77 bits per heavy atom. The summed E-state index contributed by atoms with van der Waals surface area (Å²) in [4.78, 5) is 25.3. The fraction of sp³-hybridized carbons (Fsp3) is 0.750. The molecule has 4 aliphatic rings. The maximum atomic E-state index is 12.8. The van der Waals surface area contributed by atoms with Crippen LogP contribution in [0.3, 0.4) is 0 Å². The molecule has 0 heterocycles. The zero-order valence-corrected chi connectivity index (χ0v) is 17.2. The van der Waals surface area contributed by atoms with Gasteiger partial charge >= 0.3 is 0 Å². The summed E-state index contributed by atoms with van der Waals surface area (Å²) in [5.74, 6) is 2.64. The van der Waals surface area contributed by atoms with E-state index in [-0.39, 0.29) is 16.2 Å². The average molecular weight is 355 g/mol. The van der Waals surface area contributed by atoms with Crippen LogP contribution in [0.25, 0.3) is 0 Å². The Balaban J connectivity index is 1.70. The Morgan fingerprint density at radius 3 is 2.46 bits per heavy atom. The lowest BCUT2D eigenvalue weighted by Crippen LogP contribution is -2.50. The van der Waals surface area contributed by atoms with Gasteiger partial charge in [0.25, 0.3) is 0 Å². The predicted molar refractivity (Wildman–Crippen MR) is 105 cm³/mol. The number of allylic oxidation sites excluding steroid dienone is 4. The average Bonchev–Trinajstić information content (AvgIpc) is 2.83. The summed E-state index contributed by atoms with van der Waals surface area (Å²) in [5, 5.41) is 0. The van der Waals surface area contributed by atoms with E-state index >= 15 is 0 Å². The minimum absolute atomic E-state index is 0.0413. The first-order valence-electron chi connectivity index (χ1n) is 10.5. The number of carbonyl (C=O) groups is 2. The lowest BCUT2D eigenvalue weighted by Gasteiger charge is -2.56. The summed E-state index contributed by atoms with van der Waals surface area (Å²) >= 11 is 0. The fourth-order valence-corrected chi connectivity index (χ4v) is 6.88. The zero-order chi connectivity index (χ0) is 18.9. The van der Waals surface area contributed by atoms with Crippen LogP contribution < -0.4 is 0 Å². The molecule has 3 saturated carbocycles. The first-order valence-corrected chi connectivity index (χ1v) is 10.5.